The van der Waals surface area contributed by atoms with Crippen molar-refractivity contribution < 1.29 is 0 Å². The van der Waals surface area contributed by atoms with Crippen LogP contribution >= 0.6 is 11.3 Å². The van der Waals surface area contributed by atoms with Crippen LogP contribution < -0.4 is 10.6 Å². The van der Waals surface area contributed by atoms with E-state index in [1.54, 1.807) is 11.3 Å². The van der Waals surface area contributed by atoms with E-state index in [2.05, 4.69) is 39.7 Å². The first kappa shape index (κ1) is 18.6. The van der Waals surface area contributed by atoms with Gasteiger partial charge in [0.1, 0.15) is 0 Å². The van der Waals surface area contributed by atoms with Gasteiger partial charge in [0, 0.05) is 37.1 Å². The van der Waals surface area contributed by atoms with Crippen LogP contribution in [0.3, 0.4) is 0 Å². The van der Waals surface area contributed by atoms with E-state index in [1.807, 2.05) is 0 Å². The van der Waals surface area contributed by atoms with Crippen LogP contribution in [0.5, 0.6) is 0 Å². The van der Waals surface area contributed by atoms with Crippen LogP contribution in [0.15, 0.2) is 10.4 Å². The van der Waals surface area contributed by atoms with Crippen molar-refractivity contribution in [1.82, 2.24) is 20.5 Å². The monoisotopic (exact) mass is 363 g/mol. The highest BCUT2D eigenvalue weighted by molar-refractivity contribution is 7.09. The molecule has 1 aliphatic carbocycles. The second-order valence-electron chi connectivity index (χ2n) is 7.17. The fourth-order valence-electron chi connectivity index (χ4n) is 3.94. The number of thiazole rings is 1. The molecule has 2 aliphatic rings. The number of aliphatic imine (C=N–C) groups is 1. The van der Waals surface area contributed by atoms with Crippen LogP contribution in [-0.2, 0) is 13.0 Å². The average Bonchev–Trinajstić information content (AvgIpc) is 3.32. The Morgan fingerprint density at radius 2 is 2.00 bits per heavy atom. The highest BCUT2D eigenvalue weighted by atomic mass is 32.1. The summed E-state index contributed by atoms with van der Waals surface area (Å²) in [4.78, 5) is 12.1. The van der Waals surface area contributed by atoms with Gasteiger partial charge in [0.15, 0.2) is 5.96 Å². The van der Waals surface area contributed by atoms with E-state index in [4.69, 9.17) is 4.99 Å². The topological polar surface area (TPSA) is 52.6 Å². The molecule has 0 unspecified atom stereocenters. The molecule has 0 atom stereocenters. The van der Waals surface area contributed by atoms with E-state index >= 15 is 0 Å². The van der Waals surface area contributed by atoms with E-state index in [1.165, 1.54) is 56.6 Å². The third-order valence-corrected chi connectivity index (χ3v) is 6.40. The first-order chi connectivity index (χ1) is 12.3. The molecule has 2 heterocycles. The average molecular weight is 364 g/mol. The van der Waals surface area contributed by atoms with Gasteiger partial charge in [-0.2, -0.15) is 0 Å². The third kappa shape index (κ3) is 5.42. The van der Waals surface area contributed by atoms with E-state index in [0.717, 1.165) is 30.7 Å². The molecule has 25 heavy (non-hydrogen) atoms. The zero-order valence-electron chi connectivity index (χ0n) is 15.8. The summed E-state index contributed by atoms with van der Waals surface area (Å²) < 4.78 is 0. The molecule has 2 N–H and O–H groups in total. The maximum Gasteiger partial charge on any atom is 0.191 e. The Balaban J connectivity index is 1.48. The maximum absolute atomic E-state index is 4.75. The van der Waals surface area contributed by atoms with Crippen LogP contribution in [0.25, 0.3) is 0 Å². The van der Waals surface area contributed by atoms with Gasteiger partial charge in [0.25, 0.3) is 0 Å². The zero-order valence-corrected chi connectivity index (χ0v) is 16.6. The standard InChI is InChI=1S/C19H33N5S/c1-3-18-22-16(14-25-18)13-21-19(20-4-2)23-15-9-11-24(12-10-15)17-7-5-6-8-17/h14-15,17H,3-13H2,1-2H3,(H2,20,21,23). The molecule has 1 aromatic heterocycles. The molecule has 1 aromatic rings. The Kier molecular flexibility index (Phi) is 7.11. The minimum absolute atomic E-state index is 0.539. The minimum atomic E-state index is 0.539. The molecule has 1 saturated heterocycles. The first-order valence-electron chi connectivity index (χ1n) is 10.0. The molecule has 0 spiro atoms. The number of rotatable bonds is 6. The second kappa shape index (κ2) is 9.53. The smallest absolute Gasteiger partial charge is 0.191 e. The SMILES string of the molecule is CCNC(=NCc1csc(CC)n1)NC1CCN(C2CCCC2)CC1. The Morgan fingerprint density at radius 1 is 1.24 bits per heavy atom. The van der Waals surface area contributed by atoms with Crippen molar-refractivity contribution in [1.29, 1.82) is 0 Å². The Bertz CT molecular complexity index is 542. The van der Waals surface area contributed by atoms with Gasteiger partial charge in [0.05, 0.1) is 17.2 Å². The lowest BCUT2D eigenvalue weighted by molar-refractivity contribution is 0.150. The summed E-state index contributed by atoms with van der Waals surface area (Å²) in [7, 11) is 0. The summed E-state index contributed by atoms with van der Waals surface area (Å²) in [5.41, 5.74) is 1.08. The molecule has 2 fully saturated rings. The zero-order chi connectivity index (χ0) is 17.5. The van der Waals surface area contributed by atoms with Gasteiger partial charge in [-0.3, -0.25) is 0 Å². The molecule has 3 rings (SSSR count). The summed E-state index contributed by atoms with van der Waals surface area (Å²) in [5, 5.41) is 10.4. The molecule has 0 aromatic carbocycles. The summed E-state index contributed by atoms with van der Waals surface area (Å²) in [6, 6.07) is 1.40. The minimum Gasteiger partial charge on any atom is -0.357 e. The van der Waals surface area contributed by atoms with E-state index in [9.17, 15) is 0 Å². The number of nitrogens with one attached hydrogen (secondary N) is 2. The van der Waals surface area contributed by atoms with E-state index < -0.39 is 0 Å². The maximum atomic E-state index is 4.75. The van der Waals surface area contributed by atoms with Gasteiger partial charge >= 0.3 is 0 Å². The van der Waals surface area contributed by atoms with Crippen LogP contribution in [0.2, 0.25) is 0 Å². The van der Waals surface area contributed by atoms with Crippen LogP contribution in [0.1, 0.15) is 63.1 Å². The lowest BCUT2D eigenvalue weighted by Crippen LogP contribution is -2.50. The number of aryl methyl sites for hydroxylation is 1. The van der Waals surface area contributed by atoms with Gasteiger partial charge < -0.3 is 15.5 Å². The van der Waals surface area contributed by atoms with Crippen LogP contribution in [-0.4, -0.2) is 47.6 Å². The summed E-state index contributed by atoms with van der Waals surface area (Å²) >= 11 is 1.74. The highest BCUT2D eigenvalue weighted by Gasteiger charge is 2.27. The number of hydrogen-bond donors (Lipinski definition) is 2. The Labute approximate surface area is 156 Å². The fraction of sp³-hybridized carbons (Fsp3) is 0.789. The van der Waals surface area contributed by atoms with Crippen molar-refractivity contribution in [3.8, 4) is 0 Å². The largest absolute Gasteiger partial charge is 0.357 e. The van der Waals surface area contributed by atoms with Crippen molar-refractivity contribution in [3.63, 3.8) is 0 Å². The second-order valence-corrected chi connectivity index (χ2v) is 8.12. The van der Waals surface area contributed by atoms with Gasteiger partial charge in [-0.1, -0.05) is 19.8 Å². The van der Waals surface area contributed by atoms with Crippen molar-refractivity contribution in [3.05, 3.63) is 16.1 Å². The molecule has 0 amide bonds. The van der Waals surface area contributed by atoms with E-state index in [0.29, 0.717) is 12.6 Å². The molecular formula is C19H33N5S. The summed E-state index contributed by atoms with van der Waals surface area (Å²) in [6.45, 7) is 8.28. The molecule has 1 aliphatic heterocycles. The highest BCUT2D eigenvalue weighted by Crippen LogP contribution is 2.26. The molecule has 1 saturated carbocycles. The van der Waals surface area contributed by atoms with Gasteiger partial charge in [0.2, 0.25) is 0 Å². The first-order valence-corrected chi connectivity index (χ1v) is 10.9. The molecule has 140 valence electrons. The van der Waals surface area contributed by atoms with Crippen molar-refractivity contribution in [2.45, 2.75) is 77.4 Å². The van der Waals surface area contributed by atoms with Gasteiger partial charge in [-0.25, -0.2) is 9.98 Å². The summed E-state index contributed by atoms with van der Waals surface area (Å²) in [6.07, 6.45) is 9.12. The molecule has 6 heteroatoms. The molecule has 5 nitrogen and oxygen atoms in total. The number of piperidine rings is 1. The van der Waals surface area contributed by atoms with Crippen molar-refractivity contribution >= 4 is 17.3 Å². The molecular weight excluding hydrogens is 330 g/mol. The normalized spacial score (nSPS) is 21.0. The number of aromatic nitrogens is 1. The number of likely N-dealkylation sites (tertiary alicyclic amines) is 1. The van der Waals surface area contributed by atoms with Crippen molar-refractivity contribution in [2.24, 2.45) is 4.99 Å². The number of nitrogens with zero attached hydrogens (tertiary/aromatic N) is 3. The van der Waals surface area contributed by atoms with Gasteiger partial charge in [-0.15, -0.1) is 11.3 Å². The lowest BCUT2D eigenvalue weighted by atomic mass is 10.0. The number of guanidine groups is 1. The quantitative estimate of drug-likeness (QED) is 0.602. The predicted molar refractivity (Wildman–Crippen MR) is 106 cm³/mol. The van der Waals surface area contributed by atoms with E-state index in [-0.39, 0.29) is 0 Å². The Hall–Kier alpha value is -1.14. The fourth-order valence-corrected chi connectivity index (χ4v) is 4.67. The molecule has 0 bridgehead atoms. The Morgan fingerprint density at radius 3 is 2.64 bits per heavy atom. The number of hydrogen-bond acceptors (Lipinski definition) is 4. The van der Waals surface area contributed by atoms with Gasteiger partial charge in [-0.05, 0) is 39.0 Å². The van der Waals surface area contributed by atoms with Crippen LogP contribution in [0.4, 0.5) is 0 Å². The third-order valence-electron chi connectivity index (χ3n) is 5.36. The molecule has 0 radical (unpaired) electrons. The summed E-state index contributed by atoms with van der Waals surface area (Å²) in [5.74, 6) is 0.938. The lowest BCUT2D eigenvalue weighted by Gasteiger charge is -2.36. The van der Waals surface area contributed by atoms with Crippen LogP contribution in [0, 0.1) is 0 Å². The predicted octanol–water partition coefficient (Wildman–Crippen LogP) is 3.17. The van der Waals surface area contributed by atoms with Crippen molar-refractivity contribution in [2.75, 3.05) is 19.6 Å².